The normalized spacial score (nSPS) is 14.8. The van der Waals surface area contributed by atoms with Crippen molar-refractivity contribution in [3.05, 3.63) is 117 Å². The minimum absolute atomic E-state index is 0.0677. The summed E-state index contributed by atoms with van der Waals surface area (Å²) in [5.74, 6) is -0.0677. The number of benzene rings is 3. The van der Waals surface area contributed by atoms with Crippen molar-refractivity contribution >= 4 is 39.3 Å². The number of hydrogen-bond donors (Lipinski definition) is 1. The summed E-state index contributed by atoms with van der Waals surface area (Å²) in [5.41, 5.74) is 5.62. The van der Waals surface area contributed by atoms with Crippen LogP contribution in [0.5, 0.6) is 0 Å². The van der Waals surface area contributed by atoms with Crippen LogP contribution in [0, 0.1) is 13.8 Å². The minimum Gasteiger partial charge on any atom is -0.352 e. The van der Waals surface area contributed by atoms with Crippen LogP contribution < -0.4 is 10.2 Å². The number of nitrogens with zero attached hydrogens (tertiary/aromatic N) is 3. The fourth-order valence-corrected chi connectivity index (χ4v) is 5.37. The number of amides is 1. The van der Waals surface area contributed by atoms with E-state index in [0.29, 0.717) is 41.4 Å². The van der Waals surface area contributed by atoms with Crippen molar-refractivity contribution < 1.29 is 18.0 Å². The fraction of sp³-hybridized carbons (Fsp3) is 0.226. The largest absolute Gasteiger partial charge is 0.412 e. The summed E-state index contributed by atoms with van der Waals surface area (Å²) in [7, 11) is 0. The van der Waals surface area contributed by atoms with Gasteiger partial charge in [0.05, 0.1) is 30.0 Å². The monoisotopic (exact) mass is 608 g/mol. The molecule has 0 bridgehead atoms. The van der Waals surface area contributed by atoms with Crippen molar-refractivity contribution in [2.45, 2.75) is 45.6 Å². The molecule has 1 amide bonds. The Morgan fingerprint density at radius 2 is 1.68 bits per heavy atom. The molecule has 0 saturated heterocycles. The molecule has 5 nitrogen and oxygen atoms in total. The Balaban J connectivity index is 1.33. The lowest BCUT2D eigenvalue weighted by Gasteiger charge is -2.37. The number of hydrogen-bond acceptors (Lipinski definition) is 3. The van der Waals surface area contributed by atoms with E-state index in [9.17, 15) is 18.0 Å². The van der Waals surface area contributed by atoms with Crippen molar-refractivity contribution in [1.82, 2.24) is 15.1 Å². The van der Waals surface area contributed by atoms with E-state index in [2.05, 4.69) is 26.3 Å². The first-order chi connectivity index (χ1) is 19.1. The highest BCUT2D eigenvalue weighted by Gasteiger charge is 2.45. The van der Waals surface area contributed by atoms with Gasteiger partial charge in [0, 0.05) is 16.7 Å². The van der Waals surface area contributed by atoms with Crippen molar-refractivity contribution in [2.75, 3.05) is 4.90 Å². The van der Waals surface area contributed by atoms with Gasteiger partial charge in [0.15, 0.2) is 0 Å². The summed E-state index contributed by atoms with van der Waals surface area (Å²) >= 11 is 3.41. The van der Waals surface area contributed by atoms with E-state index in [-0.39, 0.29) is 12.3 Å². The van der Waals surface area contributed by atoms with Gasteiger partial charge in [-0.3, -0.25) is 9.48 Å². The lowest BCUT2D eigenvalue weighted by Crippen LogP contribution is -2.43. The summed E-state index contributed by atoms with van der Waals surface area (Å²) in [5, 5.41) is 7.55. The van der Waals surface area contributed by atoms with Crippen LogP contribution in [0.15, 0.2) is 83.3 Å². The molecule has 40 heavy (non-hydrogen) atoms. The van der Waals surface area contributed by atoms with Crippen LogP contribution in [0.2, 0.25) is 0 Å². The maximum absolute atomic E-state index is 14.2. The molecule has 0 spiro atoms. The van der Waals surface area contributed by atoms with Gasteiger partial charge in [0.25, 0.3) is 0 Å². The van der Waals surface area contributed by atoms with Crippen LogP contribution >= 0.6 is 15.9 Å². The summed E-state index contributed by atoms with van der Waals surface area (Å²) < 4.78 is 45.0. The lowest BCUT2D eigenvalue weighted by atomic mass is 10.0. The third kappa shape index (κ3) is 5.99. The van der Waals surface area contributed by atoms with Crippen LogP contribution in [-0.2, 0) is 24.3 Å². The Bertz CT molecular complexity index is 1550. The van der Waals surface area contributed by atoms with Gasteiger partial charge in [-0.25, -0.2) is 0 Å². The zero-order valence-corrected chi connectivity index (χ0v) is 23.6. The molecule has 1 aliphatic rings. The van der Waals surface area contributed by atoms with E-state index in [0.717, 1.165) is 21.2 Å². The Morgan fingerprint density at radius 3 is 2.38 bits per heavy atom. The first-order valence-corrected chi connectivity index (χ1v) is 13.7. The number of aromatic nitrogens is 2. The summed E-state index contributed by atoms with van der Waals surface area (Å²) in [6.07, 6.45) is -1.49. The van der Waals surface area contributed by atoms with Crippen molar-refractivity contribution in [3.63, 3.8) is 0 Å². The highest BCUT2D eigenvalue weighted by atomic mass is 79.9. The molecule has 206 valence electrons. The second kappa shape index (κ2) is 11.3. The number of fused-ring (bicyclic) bond motifs is 1. The molecule has 0 fully saturated rings. The fourth-order valence-electron chi connectivity index (χ4n) is 4.99. The molecule has 0 aliphatic carbocycles. The Morgan fingerprint density at radius 1 is 0.975 bits per heavy atom. The molecule has 1 atom stereocenters. The number of aryl methyl sites for hydroxylation is 1. The minimum atomic E-state index is -4.47. The SMILES string of the molecule is Cc1nn(Cc2ccc(CC(=O)NCc3ccccc3)cc2)c(C)c1N1c2ccc(Br)cc2C=CC1C(F)(F)F. The quantitative estimate of drug-likeness (QED) is 0.240. The van der Waals surface area contributed by atoms with Gasteiger partial charge in [0.1, 0.15) is 6.04 Å². The molecule has 4 aromatic rings. The molecule has 3 aromatic carbocycles. The zero-order valence-electron chi connectivity index (χ0n) is 22.0. The predicted molar refractivity (Wildman–Crippen MR) is 154 cm³/mol. The smallest absolute Gasteiger partial charge is 0.352 e. The van der Waals surface area contributed by atoms with E-state index < -0.39 is 12.2 Å². The molecule has 1 aromatic heterocycles. The number of halogens is 4. The van der Waals surface area contributed by atoms with Gasteiger partial charge < -0.3 is 10.2 Å². The summed E-state index contributed by atoms with van der Waals surface area (Å²) in [6.45, 7) is 4.40. The molecule has 9 heteroatoms. The third-order valence-corrected chi connectivity index (χ3v) is 7.45. The maximum Gasteiger partial charge on any atom is 0.412 e. The van der Waals surface area contributed by atoms with Crippen LogP contribution in [0.1, 0.15) is 33.6 Å². The number of nitrogens with one attached hydrogen (secondary N) is 1. The summed E-state index contributed by atoms with van der Waals surface area (Å²) in [6, 6.07) is 20.8. The number of alkyl halides is 3. The third-order valence-electron chi connectivity index (χ3n) is 6.96. The van der Waals surface area contributed by atoms with Crippen molar-refractivity contribution in [3.8, 4) is 0 Å². The van der Waals surface area contributed by atoms with E-state index in [1.165, 1.54) is 17.1 Å². The Kier molecular flexibility index (Phi) is 7.85. The maximum atomic E-state index is 14.2. The zero-order chi connectivity index (χ0) is 28.4. The second-order valence-corrected chi connectivity index (χ2v) is 10.8. The Labute approximate surface area is 239 Å². The van der Waals surface area contributed by atoms with E-state index in [1.807, 2.05) is 60.7 Å². The summed E-state index contributed by atoms with van der Waals surface area (Å²) in [4.78, 5) is 13.7. The van der Waals surface area contributed by atoms with E-state index >= 15 is 0 Å². The number of carbonyl (C=O) groups excluding carboxylic acids is 1. The first-order valence-electron chi connectivity index (χ1n) is 12.9. The van der Waals surface area contributed by atoms with Gasteiger partial charge in [-0.15, -0.1) is 0 Å². The second-order valence-electron chi connectivity index (χ2n) is 9.85. The van der Waals surface area contributed by atoms with Crippen LogP contribution in [0.25, 0.3) is 6.08 Å². The molecule has 5 rings (SSSR count). The van der Waals surface area contributed by atoms with Gasteiger partial charge in [-0.05, 0) is 54.3 Å². The number of anilines is 2. The highest BCUT2D eigenvalue weighted by Crippen LogP contribution is 2.44. The molecule has 0 saturated carbocycles. The highest BCUT2D eigenvalue weighted by molar-refractivity contribution is 9.10. The molecule has 2 heterocycles. The molecule has 1 aliphatic heterocycles. The standard InChI is InChI=1S/C31H28BrF3N4O/c1-20-30(39-27-14-13-26(32)17-25(27)12-15-28(39)31(33,34)35)21(2)38(37-20)19-24-10-8-22(9-11-24)16-29(40)36-18-23-6-4-3-5-7-23/h3-15,17,28H,16,18-19H2,1-2H3,(H,36,40). The molecule has 1 unspecified atom stereocenters. The number of carbonyl (C=O) groups is 1. The molecule has 1 N–H and O–H groups in total. The Hall–Kier alpha value is -3.85. The van der Waals surface area contributed by atoms with Crippen LogP contribution in [-0.4, -0.2) is 27.9 Å². The molecular formula is C31H28BrF3N4O. The van der Waals surface area contributed by atoms with E-state index in [1.54, 1.807) is 30.7 Å². The van der Waals surface area contributed by atoms with Gasteiger partial charge in [0.2, 0.25) is 5.91 Å². The average Bonchev–Trinajstić information content (AvgIpc) is 3.19. The van der Waals surface area contributed by atoms with Crippen molar-refractivity contribution in [2.24, 2.45) is 0 Å². The predicted octanol–water partition coefficient (Wildman–Crippen LogP) is 7.27. The molecule has 0 radical (unpaired) electrons. The van der Waals surface area contributed by atoms with Crippen molar-refractivity contribution in [1.29, 1.82) is 0 Å². The van der Waals surface area contributed by atoms with E-state index in [4.69, 9.17) is 0 Å². The van der Waals surface area contributed by atoms with Crippen LogP contribution in [0.3, 0.4) is 0 Å². The topological polar surface area (TPSA) is 50.2 Å². The first kappa shape index (κ1) is 27.7. The average molecular weight is 609 g/mol. The van der Waals surface area contributed by atoms with Gasteiger partial charge >= 0.3 is 6.18 Å². The number of rotatable bonds is 7. The van der Waals surface area contributed by atoms with Gasteiger partial charge in [-0.1, -0.05) is 82.7 Å². The molecular weight excluding hydrogens is 581 g/mol. The van der Waals surface area contributed by atoms with Gasteiger partial charge in [-0.2, -0.15) is 18.3 Å². The lowest BCUT2D eigenvalue weighted by molar-refractivity contribution is -0.136. The van der Waals surface area contributed by atoms with Crippen LogP contribution in [0.4, 0.5) is 24.5 Å².